The fourth-order valence-corrected chi connectivity index (χ4v) is 5.30. The molecule has 1 saturated carbocycles. The third-order valence-electron chi connectivity index (χ3n) is 7.22. The number of unbranched alkanes of at least 4 members (excludes halogenated alkanes) is 1. The predicted octanol–water partition coefficient (Wildman–Crippen LogP) is 4.56. The van der Waals surface area contributed by atoms with Crippen molar-refractivity contribution in [2.45, 2.75) is 69.4 Å². The Kier molecular flexibility index (Phi) is 6.93. The van der Waals surface area contributed by atoms with Gasteiger partial charge < -0.3 is 15.2 Å². The third kappa shape index (κ3) is 5.39. The highest BCUT2D eigenvalue weighted by Gasteiger charge is 2.37. The van der Waals surface area contributed by atoms with Gasteiger partial charge in [0.05, 0.1) is 6.10 Å². The summed E-state index contributed by atoms with van der Waals surface area (Å²) in [6, 6.07) is 11.9. The Balaban J connectivity index is 1.08. The molecule has 5 rings (SSSR count). The van der Waals surface area contributed by atoms with Crippen molar-refractivity contribution in [2.24, 2.45) is 0 Å². The van der Waals surface area contributed by atoms with E-state index in [1.54, 1.807) is 0 Å². The van der Waals surface area contributed by atoms with E-state index < -0.39 is 12.0 Å². The molecule has 2 fully saturated rings. The molecule has 2 aromatic rings. The van der Waals surface area contributed by atoms with Crippen molar-refractivity contribution in [3.05, 3.63) is 58.8 Å². The highest BCUT2D eigenvalue weighted by atomic mass is 16.5. The number of benzene rings is 1. The Morgan fingerprint density at radius 2 is 2.06 bits per heavy atom. The molecule has 6 heteroatoms. The van der Waals surface area contributed by atoms with E-state index in [2.05, 4.69) is 28.4 Å². The quantitative estimate of drug-likeness (QED) is 0.518. The first-order chi connectivity index (χ1) is 16.2. The average Bonchev–Trinajstić information content (AvgIpc) is 3.58. The maximum absolute atomic E-state index is 12.2. The number of carbonyl (C=O) groups is 1. The van der Waals surface area contributed by atoms with Crippen LogP contribution in [0.15, 0.2) is 36.4 Å². The van der Waals surface area contributed by atoms with E-state index in [4.69, 9.17) is 9.72 Å². The molecule has 2 aliphatic heterocycles. The maximum Gasteiger partial charge on any atom is 0.325 e. The van der Waals surface area contributed by atoms with Crippen molar-refractivity contribution < 1.29 is 14.6 Å². The molecular weight excluding hydrogens is 414 g/mol. The van der Waals surface area contributed by atoms with Gasteiger partial charge in [-0.2, -0.15) is 0 Å². The molecule has 33 heavy (non-hydrogen) atoms. The van der Waals surface area contributed by atoms with E-state index >= 15 is 0 Å². The van der Waals surface area contributed by atoms with Crippen molar-refractivity contribution in [3.8, 4) is 0 Å². The summed E-state index contributed by atoms with van der Waals surface area (Å²) in [5.41, 5.74) is 4.67. The number of likely N-dealkylation sites (tertiary alicyclic amines) is 1. The molecule has 2 N–H and O–H groups in total. The number of hydrogen-bond donors (Lipinski definition) is 2. The van der Waals surface area contributed by atoms with Gasteiger partial charge in [-0.1, -0.05) is 30.3 Å². The molecule has 3 heterocycles. The van der Waals surface area contributed by atoms with Crippen LogP contribution >= 0.6 is 0 Å². The van der Waals surface area contributed by atoms with Gasteiger partial charge in [-0.05, 0) is 80.0 Å². The summed E-state index contributed by atoms with van der Waals surface area (Å²) in [7, 11) is 0. The SMILES string of the molecule is O=C(O)[C@@H](c1ccccc1C1CC1)N1CC[C@H](OCCCCc2ccc3c(n2)NCCC3)C1. The minimum Gasteiger partial charge on any atom is -0.480 e. The standard InChI is InChI=1S/C27H35N3O3/c31-27(32)25(24-9-2-1-8-23(24)19-10-11-19)30-16-14-22(18-30)33-17-4-3-7-21-13-12-20-6-5-15-28-26(20)29-21/h1-2,8-9,12-13,19,22,25H,3-7,10-11,14-18H2,(H,28,29)(H,31,32)/t22-,25+/m0/s1. The van der Waals surface area contributed by atoms with Crippen LogP contribution in [0.4, 0.5) is 5.82 Å². The lowest BCUT2D eigenvalue weighted by Gasteiger charge is -2.26. The Hall–Kier alpha value is -2.44. The third-order valence-corrected chi connectivity index (χ3v) is 7.22. The Labute approximate surface area is 196 Å². The zero-order chi connectivity index (χ0) is 22.6. The Bertz CT molecular complexity index is 975. The van der Waals surface area contributed by atoms with Gasteiger partial charge in [-0.25, -0.2) is 4.98 Å². The monoisotopic (exact) mass is 449 g/mol. The Morgan fingerprint density at radius 1 is 1.18 bits per heavy atom. The Morgan fingerprint density at radius 3 is 2.91 bits per heavy atom. The van der Waals surface area contributed by atoms with Gasteiger partial charge in [0.25, 0.3) is 0 Å². The lowest BCUT2D eigenvalue weighted by molar-refractivity contribution is -0.143. The van der Waals surface area contributed by atoms with Gasteiger partial charge >= 0.3 is 5.97 Å². The van der Waals surface area contributed by atoms with Crippen molar-refractivity contribution in [2.75, 3.05) is 31.6 Å². The van der Waals surface area contributed by atoms with Gasteiger partial charge in [0.2, 0.25) is 0 Å². The smallest absolute Gasteiger partial charge is 0.325 e. The van der Waals surface area contributed by atoms with Gasteiger partial charge in [0.1, 0.15) is 11.9 Å². The van der Waals surface area contributed by atoms with Gasteiger partial charge in [0.15, 0.2) is 0 Å². The molecule has 0 bridgehead atoms. The number of fused-ring (bicyclic) bond motifs is 1. The number of carboxylic acid groups (broad SMARTS) is 1. The second-order valence-electron chi connectivity index (χ2n) is 9.72. The molecule has 0 unspecified atom stereocenters. The molecule has 0 amide bonds. The van der Waals surface area contributed by atoms with E-state index in [9.17, 15) is 9.90 Å². The molecule has 0 spiro atoms. The van der Waals surface area contributed by atoms with Crippen LogP contribution in [-0.2, 0) is 22.4 Å². The molecule has 3 aliphatic rings. The van der Waals surface area contributed by atoms with Crippen molar-refractivity contribution >= 4 is 11.8 Å². The van der Waals surface area contributed by atoms with Crippen LogP contribution in [0.5, 0.6) is 0 Å². The number of ether oxygens (including phenoxy) is 1. The minimum absolute atomic E-state index is 0.117. The van der Waals surface area contributed by atoms with E-state index in [0.29, 0.717) is 12.5 Å². The second kappa shape index (κ2) is 10.2. The zero-order valence-corrected chi connectivity index (χ0v) is 19.3. The number of aromatic nitrogens is 1. The minimum atomic E-state index is -0.754. The van der Waals surface area contributed by atoms with Crippen LogP contribution in [0, 0.1) is 0 Å². The first kappa shape index (κ1) is 22.4. The summed E-state index contributed by atoms with van der Waals surface area (Å²) in [5, 5.41) is 13.4. The number of carboxylic acids is 1. The van der Waals surface area contributed by atoms with E-state index in [0.717, 1.165) is 68.9 Å². The largest absolute Gasteiger partial charge is 0.480 e. The molecule has 6 nitrogen and oxygen atoms in total. The fourth-order valence-electron chi connectivity index (χ4n) is 5.30. The highest BCUT2D eigenvalue weighted by molar-refractivity contribution is 5.76. The number of rotatable bonds is 10. The highest BCUT2D eigenvalue weighted by Crippen LogP contribution is 2.44. The number of anilines is 1. The summed E-state index contributed by atoms with van der Waals surface area (Å²) in [4.78, 5) is 19.1. The number of hydrogen-bond acceptors (Lipinski definition) is 5. The van der Waals surface area contributed by atoms with Crippen molar-refractivity contribution in [1.29, 1.82) is 0 Å². The molecule has 1 saturated heterocycles. The lowest BCUT2D eigenvalue weighted by Crippen LogP contribution is -2.34. The van der Waals surface area contributed by atoms with Crippen molar-refractivity contribution in [1.82, 2.24) is 9.88 Å². The number of nitrogens with one attached hydrogen (secondary N) is 1. The van der Waals surface area contributed by atoms with E-state index in [1.807, 2.05) is 18.2 Å². The van der Waals surface area contributed by atoms with Gasteiger partial charge in [0, 0.05) is 31.9 Å². The molecule has 2 atom stereocenters. The number of pyridine rings is 1. The summed E-state index contributed by atoms with van der Waals surface area (Å²) in [6.45, 7) is 3.20. The van der Waals surface area contributed by atoms with Crippen LogP contribution in [0.25, 0.3) is 0 Å². The first-order valence-electron chi connectivity index (χ1n) is 12.6. The van der Waals surface area contributed by atoms with Crippen LogP contribution in [0.2, 0.25) is 0 Å². The number of nitrogens with zero attached hydrogens (tertiary/aromatic N) is 2. The average molecular weight is 450 g/mol. The summed E-state index contributed by atoms with van der Waals surface area (Å²) >= 11 is 0. The van der Waals surface area contributed by atoms with E-state index in [1.165, 1.54) is 30.4 Å². The molecule has 1 aromatic carbocycles. The van der Waals surface area contributed by atoms with Crippen LogP contribution in [0.1, 0.15) is 72.9 Å². The molecule has 1 aliphatic carbocycles. The van der Waals surface area contributed by atoms with Crippen molar-refractivity contribution in [3.63, 3.8) is 0 Å². The van der Waals surface area contributed by atoms with Crippen LogP contribution < -0.4 is 5.32 Å². The van der Waals surface area contributed by atoms with Gasteiger partial charge in [-0.15, -0.1) is 0 Å². The predicted molar refractivity (Wildman–Crippen MR) is 129 cm³/mol. The van der Waals surface area contributed by atoms with Crippen LogP contribution in [-0.4, -0.2) is 53.3 Å². The first-order valence-corrected chi connectivity index (χ1v) is 12.6. The number of aliphatic carboxylic acids is 1. The van der Waals surface area contributed by atoms with E-state index in [-0.39, 0.29) is 6.10 Å². The van der Waals surface area contributed by atoms with Gasteiger partial charge in [-0.3, -0.25) is 9.69 Å². The molecule has 0 radical (unpaired) electrons. The topological polar surface area (TPSA) is 74.7 Å². The maximum atomic E-state index is 12.2. The second-order valence-corrected chi connectivity index (χ2v) is 9.72. The normalized spacial score (nSPS) is 21.4. The zero-order valence-electron chi connectivity index (χ0n) is 19.3. The summed E-state index contributed by atoms with van der Waals surface area (Å²) in [6.07, 6.45) is 8.68. The summed E-state index contributed by atoms with van der Waals surface area (Å²) in [5.74, 6) is 0.853. The number of aryl methyl sites for hydroxylation is 2. The molecule has 1 aromatic heterocycles. The summed E-state index contributed by atoms with van der Waals surface area (Å²) < 4.78 is 6.15. The van der Waals surface area contributed by atoms with Crippen LogP contribution in [0.3, 0.4) is 0 Å². The molecule has 176 valence electrons. The lowest BCUT2D eigenvalue weighted by atomic mass is 9.96. The molecular formula is C27H35N3O3. The fraction of sp³-hybridized carbons (Fsp3) is 0.556.